The lowest BCUT2D eigenvalue weighted by Crippen LogP contribution is -2.35. The first-order valence-electron chi connectivity index (χ1n) is 5.97. The standard InChI is InChI=1S/C12H17N3O3S/c1-19(17,18)9-8-14-6-7-15(12(14)16)11-5-3-2-4-10(11)13/h2-5H,6-9,13H2,1H3. The van der Waals surface area contributed by atoms with E-state index in [1.54, 1.807) is 23.1 Å². The van der Waals surface area contributed by atoms with E-state index in [-0.39, 0.29) is 18.3 Å². The van der Waals surface area contributed by atoms with Crippen molar-refractivity contribution in [1.82, 2.24) is 4.90 Å². The summed E-state index contributed by atoms with van der Waals surface area (Å²) in [5, 5.41) is 0. The average Bonchev–Trinajstić information content (AvgIpc) is 2.68. The lowest BCUT2D eigenvalue weighted by atomic mass is 10.2. The number of hydrogen-bond donors (Lipinski definition) is 1. The summed E-state index contributed by atoms with van der Waals surface area (Å²) in [6.45, 7) is 1.26. The minimum atomic E-state index is -3.06. The summed E-state index contributed by atoms with van der Waals surface area (Å²) in [6.07, 6.45) is 1.17. The van der Waals surface area contributed by atoms with Gasteiger partial charge in [0.05, 0.1) is 17.1 Å². The van der Waals surface area contributed by atoms with Crippen molar-refractivity contribution in [3.63, 3.8) is 0 Å². The fraction of sp³-hybridized carbons (Fsp3) is 0.417. The molecule has 0 bridgehead atoms. The van der Waals surface area contributed by atoms with Crippen LogP contribution in [0.5, 0.6) is 0 Å². The Kier molecular flexibility index (Phi) is 3.66. The molecule has 2 rings (SSSR count). The lowest BCUT2D eigenvalue weighted by Gasteiger charge is -2.19. The number of urea groups is 1. The summed E-state index contributed by atoms with van der Waals surface area (Å²) in [6, 6.07) is 6.95. The van der Waals surface area contributed by atoms with Gasteiger partial charge in [-0.15, -0.1) is 0 Å². The number of carbonyl (C=O) groups is 1. The summed E-state index contributed by atoms with van der Waals surface area (Å²) in [7, 11) is -3.06. The van der Waals surface area contributed by atoms with Crippen LogP contribution >= 0.6 is 0 Å². The van der Waals surface area contributed by atoms with E-state index < -0.39 is 9.84 Å². The molecule has 0 spiro atoms. The van der Waals surface area contributed by atoms with E-state index in [0.29, 0.717) is 24.5 Å². The SMILES string of the molecule is CS(=O)(=O)CCN1CCN(c2ccccc2N)C1=O. The summed E-state index contributed by atoms with van der Waals surface area (Å²) in [4.78, 5) is 15.3. The number of nitrogens with two attached hydrogens (primary N) is 1. The Bertz CT molecular complexity index is 586. The molecule has 0 atom stereocenters. The van der Waals surface area contributed by atoms with Crippen LogP contribution in [-0.4, -0.2) is 51.0 Å². The molecule has 2 amide bonds. The normalized spacial score (nSPS) is 16.2. The quantitative estimate of drug-likeness (QED) is 0.818. The number of rotatable bonds is 4. The molecule has 1 aliphatic heterocycles. The van der Waals surface area contributed by atoms with E-state index in [2.05, 4.69) is 0 Å². The van der Waals surface area contributed by atoms with E-state index in [4.69, 9.17) is 5.73 Å². The summed E-state index contributed by atoms with van der Waals surface area (Å²) >= 11 is 0. The number of carbonyl (C=O) groups excluding carboxylic acids is 1. The van der Waals surface area contributed by atoms with Gasteiger partial charge in [0.1, 0.15) is 9.84 Å². The molecule has 104 valence electrons. The highest BCUT2D eigenvalue weighted by molar-refractivity contribution is 7.90. The highest BCUT2D eigenvalue weighted by Crippen LogP contribution is 2.26. The van der Waals surface area contributed by atoms with Gasteiger partial charge >= 0.3 is 6.03 Å². The molecule has 1 aliphatic rings. The van der Waals surface area contributed by atoms with Crippen molar-refractivity contribution in [3.05, 3.63) is 24.3 Å². The van der Waals surface area contributed by atoms with Crippen LogP contribution in [0, 0.1) is 0 Å². The Labute approximate surface area is 112 Å². The Morgan fingerprint density at radius 3 is 2.58 bits per heavy atom. The number of amides is 2. The van der Waals surface area contributed by atoms with Crippen LogP contribution in [0.1, 0.15) is 0 Å². The first-order valence-corrected chi connectivity index (χ1v) is 8.03. The molecule has 7 heteroatoms. The minimum Gasteiger partial charge on any atom is -0.397 e. The third-order valence-electron chi connectivity index (χ3n) is 3.05. The van der Waals surface area contributed by atoms with Crippen LogP contribution < -0.4 is 10.6 Å². The lowest BCUT2D eigenvalue weighted by molar-refractivity contribution is 0.223. The second kappa shape index (κ2) is 5.08. The maximum absolute atomic E-state index is 12.2. The predicted molar refractivity (Wildman–Crippen MR) is 74.9 cm³/mol. The second-order valence-electron chi connectivity index (χ2n) is 4.61. The molecule has 1 aromatic carbocycles. The number of nitrogen functional groups attached to an aromatic ring is 1. The summed E-state index contributed by atoms with van der Waals surface area (Å²) in [5.41, 5.74) is 7.06. The van der Waals surface area contributed by atoms with Gasteiger partial charge in [-0.05, 0) is 12.1 Å². The first kappa shape index (κ1) is 13.7. The number of benzene rings is 1. The molecule has 0 radical (unpaired) electrons. The van der Waals surface area contributed by atoms with Crippen LogP contribution in [0.2, 0.25) is 0 Å². The smallest absolute Gasteiger partial charge is 0.324 e. The van der Waals surface area contributed by atoms with Gasteiger partial charge in [0.25, 0.3) is 0 Å². The van der Waals surface area contributed by atoms with Gasteiger partial charge < -0.3 is 10.6 Å². The number of nitrogens with zero attached hydrogens (tertiary/aromatic N) is 2. The molecule has 1 aromatic rings. The second-order valence-corrected chi connectivity index (χ2v) is 6.87. The van der Waals surface area contributed by atoms with Crippen molar-refractivity contribution in [2.75, 3.05) is 42.3 Å². The molecule has 1 fully saturated rings. The molecule has 1 saturated heterocycles. The maximum Gasteiger partial charge on any atom is 0.324 e. The number of para-hydroxylation sites is 2. The molecular weight excluding hydrogens is 266 g/mol. The van der Waals surface area contributed by atoms with E-state index in [1.807, 2.05) is 6.07 Å². The molecule has 0 saturated carbocycles. The Morgan fingerprint density at radius 1 is 1.26 bits per heavy atom. The van der Waals surface area contributed by atoms with E-state index in [9.17, 15) is 13.2 Å². The molecule has 2 N–H and O–H groups in total. The largest absolute Gasteiger partial charge is 0.397 e. The van der Waals surface area contributed by atoms with Crippen molar-refractivity contribution >= 4 is 27.2 Å². The van der Waals surface area contributed by atoms with Gasteiger partial charge in [-0.3, -0.25) is 4.90 Å². The van der Waals surface area contributed by atoms with Crippen LogP contribution in [0.3, 0.4) is 0 Å². The van der Waals surface area contributed by atoms with Crippen molar-refractivity contribution in [3.8, 4) is 0 Å². The zero-order chi connectivity index (χ0) is 14.0. The molecule has 0 unspecified atom stereocenters. The van der Waals surface area contributed by atoms with E-state index in [1.165, 1.54) is 11.2 Å². The minimum absolute atomic E-state index is 0.0170. The Hall–Kier alpha value is -1.76. The third kappa shape index (κ3) is 3.17. The van der Waals surface area contributed by atoms with Crippen molar-refractivity contribution < 1.29 is 13.2 Å². The highest BCUT2D eigenvalue weighted by Gasteiger charge is 2.30. The topological polar surface area (TPSA) is 83.7 Å². The van der Waals surface area contributed by atoms with E-state index >= 15 is 0 Å². The average molecular weight is 283 g/mol. The Balaban J connectivity index is 2.08. The van der Waals surface area contributed by atoms with Gasteiger partial charge in [0.2, 0.25) is 0 Å². The molecule has 0 aromatic heterocycles. The van der Waals surface area contributed by atoms with Crippen molar-refractivity contribution in [2.24, 2.45) is 0 Å². The molecule has 6 nitrogen and oxygen atoms in total. The Morgan fingerprint density at radius 2 is 1.95 bits per heavy atom. The highest BCUT2D eigenvalue weighted by atomic mass is 32.2. The zero-order valence-electron chi connectivity index (χ0n) is 10.7. The van der Waals surface area contributed by atoms with Gasteiger partial charge in [0.15, 0.2) is 0 Å². The van der Waals surface area contributed by atoms with Gasteiger partial charge in [-0.25, -0.2) is 13.2 Å². The third-order valence-corrected chi connectivity index (χ3v) is 3.98. The van der Waals surface area contributed by atoms with Gasteiger partial charge in [-0.2, -0.15) is 0 Å². The number of hydrogen-bond acceptors (Lipinski definition) is 4. The van der Waals surface area contributed by atoms with Crippen LogP contribution in [0.4, 0.5) is 16.2 Å². The first-order chi connectivity index (χ1) is 8.88. The monoisotopic (exact) mass is 283 g/mol. The van der Waals surface area contributed by atoms with Crippen LogP contribution in [0.25, 0.3) is 0 Å². The van der Waals surface area contributed by atoms with Gasteiger partial charge in [-0.1, -0.05) is 12.1 Å². The number of anilines is 2. The molecule has 1 heterocycles. The van der Waals surface area contributed by atoms with Crippen molar-refractivity contribution in [1.29, 1.82) is 0 Å². The molecule has 0 aliphatic carbocycles. The fourth-order valence-corrected chi connectivity index (χ4v) is 2.58. The predicted octanol–water partition coefficient (Wildman–Crippen LogP) is 0.555. The number of sulfone groups is 1. The fourth-order valence-electron chi connectivity index (χ4n) is 2.02. The zero-order valence-corrected chi connectivity index (χ0v) is 11.6. The van der Waals surface area contributed by atoms with Crippen molar-refractivity contribution in [2.45, 2.75) is 0 Å². The van der Waals surface area contributed by atoms with Crippen LogP contribution in [-0.2, 0) is 9.84 Å². The molecule has 19 heavy (non-hydrogen) atoms. The maximum atomic E-state index is 12.2. The summed E-state index contributed by atoms with van der Waals surface area (Å²) in [5.74, 6) is -0.0170. The van der Waals surface area contributed by atoms with E-state index in [0.717, 1.165) is 0 Å². The summed E-state index contributed by atoms with van der Waals surface area (Å²) < 4.78 is 22.3. The van der Waals surface area contributed by atoms with Crippen LogP contribution in [0.15, 0.2) is 24.3 Å². The molecular formula is C12H17N3O3S. The van der Waals surface area contributed by atoms with Gasteiger partial charge in [0, 0.05) is 25.9 Å².